The van der Waals surface area contributed by atoms with Crippen LogP contribution in [0.25, 0.3) is 16.5 Å². The maximum Gasteiger partial charge on any atom is 0.256 e. The van der Waals surface area contributed by atoms with E-state index in [1.165, 1.54) is 0 Å². The Hall–Kier alpha value is -3.92. The summed E-state index contributed by atoms with van der Waals surface area (Å²) < 4.78 is 27.4. The van der Waals surface area contributed by atoms with Crippen LogP contribution in [0.1, 0.15) is 58.2 Å². The largest absolute Gasteiger partial charge is 0.460 e. The maximum atomic E-state index is 13.7. The zero-order valence-corrected chi connectivity index (χ0v) is 21.4. The Morgan fingerprint density at radius 1 is 1.24 bits per heavy atom. The molecule has 1 aliphatic carbocycles. The number of hydrogen-bond donors (Lipinski definition) is 2. The van der Waals surface area contributed by atoms with Crippen LogP contribution in [0.4, 0.5) is 4.39 Å². The Labute approximate surface area is 218 Å². The van der Waals surface area contributed by atoms with Crippen LogP contribution < -0.4 is 10.1 Å². The van der Waals surface area contributed by atoms with Crippen molar-refractivity contribution in [3.63, 3.8) is 0 Å². The van der Waals surface area contributed by atoms with Crippen molar-refractivity contribution in [3.8, 4) is 11.5 Å². The van der Waals surface area contributed by atoms with Crippen molar-refractivity contribution in [1.29, 1.82) is 0 Å². The summed E-state index contributed by atoms with van der Waals surface area (Å²) >= 11 is 0. The van der Waals surface area contributed by atoms with Gasteiger partial charge in [0.25, 0.3) is 11.8 Å². The minimum atomic E-state index is -1.01. The number of amides is 2. The molecule has 6 rings (SSSR count). The van der Waals surface area contributed by atoms with Gasteiger partial charge in [-0.1, -0.05) is 0 Å². The van der Waals surface area contributed by atoms with Crippen LogP contribution in [0.5, 0.6) is 11.5 Å². The second-order valence-electron chi connectivity index (χ2n) is 10.3. The fourth-order valence-corrected chi connectivity index (χ4v) is 5.50. The number of aliphatic hydroxyl groups excluding tert-OH is 1. The Morgan fingerprint density at radius 2 is 2.05 bits per heavy atom. The number of benzene rings is 1. The van der Waals surface area contributed by atoms with Crippen molar-refractivity contribution < 1.29 is 28.2 Å². The quantitative estimate of drug-likeness (QED) is 0.406. The SMILES string of the molecule is Cc1oc2cc(Oc3ccnn4cc(C(=O)N5C[C@@H](O)C[C@H]5C)c(C)c34)ccc2c1C(=O)N[C@H]1CC[C@H]1F. The van der Waals surface area contributed by atoms with E-state index in [1.54, 1.807) is 53.0 Å². The molecule has 38 heavy (non-hydrogen) atoms. The van der Waals surface area contributed by atoms with Crippen molar-refractivity contribution in [2.45, 2.75) is 64.4 Å². The predicted molar refractivity (Wildman–Crippen MR) is 137 cm³/mol. The van der Waals surface area contributed by atoms with E-state index in [0.717, 1.165) is 5.56 Å². The highest BCUT2D eigenvalue weighted by Gasteiger charge is 2.34. The van der Waals surface area contributed by atoms with E-state index in [9.17, 15) is 19.1 Å². The Kier molecular flexibility index (Phi) is 5.86. The molecule has 0 bridgehead atoms. The van der Waals surface area contributed by atoms with Gasteiger partial charge < -0.3 is 24.5 Å². The molecule has 1 saturated carbocycles. The summed E-state index contributed by atoms with van der Waals surface area (Å²) in [6.07, 6.45) is 3.41. The molecule has 2 N–H and O–H groups in total. The molecule has 4 atom stereocenters. The van der Waals surface area contributed by atoms with Gasteiger partial charge in [0.1, 0.15) is 28.8 Å². The number of aryl methyl sites for hydroxylation is 2. The number of rotatable bonds is 5. The predicted octanol–water partition coefficient (Wildman–Crippen LogP) is 4.32. The third-order valence-corrected chi connectivity index (χ3v) is 7.73. The molecule has 2 fully saturated rings. The molecule has 0 spiro atoms. The lowest BCUT2D eigenvalue weighted by atomic mass is 9.90. The molecule has 0 radical (unpaired) electrons. The Morgan fingerprint density at radius 3 is 2.74 bits per heavy atom. The van der Waals surface area contributed by atoms with Gasteiger partial charge in [-0.2, -0.15) is 5.10 Å². The first-order valence-corrected chi connectivity index (χ1v) is 12.8. The molecule has 3 aromatic heterocycles. The fourth-order valence-electron chi connectivity index (χ4n) is 5.50. The van der Waals surface area contributed by atoms with Crippen molar-refractivity contribution in [1.82, 2.24) is 19.8 Å². The smallest absolute Gasteiger partial charge is 0.256 e. The number of fused-ring (bicyclic) bond motifs is 2. The molecule has 4 aromatic rings. The number of β-amino-alcohol motifs (C(OH)–C–C–N with tert-alkyl or cyclic N) is 1. The van der Waals surface area contributed by atoms with Crippen LogP contribution in [-0.4, -0.2) is 62.3 Å². The number of nitrogens with zero attached hydrogens (tertiary/aromatic N) is 3. The highest BCUT2D eigenvalue weighted by Crippen LogP contribution is 2.35. The number of ether oxygens (including phenoxy) is 1. The number of aliphatic hydroxyl groups is 1. The van der Waals surface area contributed by atoms with Crippen LogP contribution in [0.15, 0.2) is 41.1 Å². The van der Waals surface area contributed by atoms with E-state index in [4.69, 9.17) is 9.15 Å². The molecular formula is C28H29FN4O5. The van der Waals surface area contributed by atoms with Gasteiger partial charge in [0.2, 0.25) is 0 Å². The molecule has 0 unspecified atom stereocenters. The van der Waals surface area contributed by atoms with E-state index in [-0.39, 0.29) is 17.9 Å². The summed E-state index contributed by atoms with van der Waals surface area (Å²) in [5.74, 6) is 0.938. The standard InChI is InChI=1S/C28H29FN4O5/c1-14-10-17(34)12-32(14)28(36)20-13-33-26(15(20)2)23(8-9-30-33)38-18-4-5-19-24(11-18)37-16(3)25(19)27(35)31-22-7-6-21(22)29/h4-5,8-9,11,13-14,17,21-22,34H,6-7,10,12H2,1-3H3,(H,31,35)/t14-,17+,21-,22+/m1/s1. The van der Waals surface area contributed by atoms with Gasteiger partial charge >= 0.3 is 0 Å². The molecule has 2 aliphatic rings. The highest BCUT2D eigenvalue weighted by atomic mass is 19.1. The van der Waals surface area contributed by atoms with Crippen LogP contribution in [0, 0.1) is 13.8 Å². The first kappa shape index (κ1) is 24.4. The number of carbonyl (C=O) groups is 2. The number of hydrogen-bond acceptors (Lipinski definition) is 6. The second-order valence-corrected chi connectivity index (χ2v) is 10.3. The molecule has 1 aliphatic heterocycles. The molecule has 4 heterocycles. The lowest BCUT2D eigenvalue weighted by molar-refractivity contribution is 0.0725. The first-order chi connectivity index (χ1) is 18.2. The van der Waals surface area contributed by atoms with E-state index < -0.39 is 18.3 Å². The van der Waals surface area contributed by atoms with Crippen LogP contribution in [-0.2, 0) is 0 Å². The lowest BCUT2D eigenvalue weighted by Gasteiger charge is -2.30. The number of carbonyl (C=O) groups excluding carboxylic acids is 2. The van der Waals surface area contributed by atoms with E-state index >= 15 is 0 Å². The summed E-state index contributed by atoms with van der Waals surface area (Å²) in [7, 11) is 0. The molecule has 9 nitrogen and oxygen atoms in total. The molecule has 1 aromatic carbocycles. The van der Waals surface area contributed by atoms with Gasteiger partial charge in [-0.15, -0.1) is 0 Å². The van der Waals surface area contributed by atoms with E-state index in [2.05, 4.69) is 10.4 Å². The van der Waals surface area contributed by atoms with Crippen molar-refractivity contribution in [2.75, 3.05) is 6.54 Å². The minimum Gasteiger partial charge on any atom is -0.460 e. The van der Waals surface area contributed by atoms with Crippen molar-refractivity contribution in [3.05, 3.63) is 59.1 Å². The summed E-state index contributed by atoms with van der Waals surface area (Å²) in [5.41, 5.74) is 2.75. The molecule has 1 saturated heterocycles. The summed E-state index contributed by atoms with van der Waals surface area (Å²) in [6, 6.07) is 6.41. The minimum absolute atomic E-state index is 0.0498. The number of nitrogens with one attached hydrogen (secondary N) is 1. The number of likely N-dealkylation sites (tertiary alicyclic amines) is 1. The topological polar surface area (TPSA) is 109 Å². The monoisotopic (exact) mass is 520 g/mol. The number of aromatic nitrogens is 2. The lowest BCUT2D eigenvalue weighted by Crippen LogP contribution is -2.48. The molecule has 10 heteroatoms. The first-order valence-electron chi connectivity index (χ1n) is 12.8. The summed E-state index contributed by atoms with van der Waals surface area (Å²) in [6.45, 7) is 5.79. The maximum absolute atomic E-state index is 13.7. The number of alkyl halides is 1. The van der Waals surface area contributed by atoms with E-state index in [0.29, 0.717) is 70.7 Å². The third kappa shape index (κ3) is 3.99. The average molecular weight is 521 g/mol. The van der Waals surface area contributed by atoms with Crippen LogP contribution in [0.3, 0.4) is 0 Å². The summed E-state index contributed by atoms with van der Waals surface area (Å²) in [4.78, 5) is 27.8. The van der Waals surface area contributed by atoms with Crippen LogP contribution >= 0.6 is 0 Å². The third-order valence-electron chi connectivity index (χ3n) is 7.73. The van der Waals surface area contributed by atoms with E-state index in [1.807, 2.05) is 13.8 Å². The van der Waals surface area contributed by atoms with Gasteiger partial charge in [0.15, 0.2) is 5.75 Å². The molecule has 2 amide bonds. The van der Waals surface area contributed by atoms with Gasteiger partial charge in [-0.05, 0) is 57.7 Å². The Balaban J connectivity index is 1.29. The number of furan rings is 1. The molecular weight excluding hydrogens is 491 g/mol. The van der Waals surface area contributed by atoms with Gasteiger partial charge in [0.05, 0.1) is 29.5 Å². The van der Waals surface area contributed by atoms with Crippen molar-refractivity contribution >= 4 is 28.3 Å². The zero-order chi connectivity index (χ0) is 26.7. The van der Waals surface area contributed by atoms with Gasteiger partial charge in [0, 0.05) is 36.3 Å². The highest BCUT2D eigenvalue weighted by molar-refractivity contribution is 6.07. The second kappa shape index (κ2) is 9.13. The van der Waals surface area contributed by atoms with Crippen LogP contribution in [0.2, 0.25) is 0 Å². The summed E-state index contributed by atoms with van der Waals surface area (Å²) in [5, 5.41) is 17.7. The number of halogens is 1. The zero-order valence-electron chi connectivity index (χ0n) is 21.4. The van der Waals surface area contributed by atoms with Gasteiger partial charge in [-0.25, -0.2) is 8.91 Å². The normalized spacial score (nSPS) is 23.1. The fraction of sp³-hybridized carbons (Fsp3) is 0.393. The van der Waals surface area contributed by atoms with Crippen molar-refractivity contribution in [2.24, 2.45) is 0 Å². The average Bonchev–Trinajstić information content (AvgIpc) is 3.52. The van der Waals surface area contributed by atoms with Gasteiger partial charge in [-0.3, -0.25) is 9.59 Å². The molecule has 198 valence electrons. The Bertz CT molecular complexity index is 1580.